The Bertz CT molecular complexity index is 517. The Morgan fingerprint density at radius 3 is 3.00 bits per heavy atom. The van der Waals surface area contributed by atoms with Crippen molar-refractivity contribution in [3.8, 4) is 11.5 Å². The van der Waals surface area contributed by atoms with E-state index in [0.717, 1.165) is 30.4 Å². The summed E-state index contributed by atoms with van der Waals surface area (Å²) in [6.07, 6.45) is 9.47. The smallest absolute Gasteiger partial charge is 0.158 e. The summed E-state index contributed by atoms with van der Waals surface area (Å²) in [6.45, 7) is 1.70. The summed E-state index contributed by atoms with van der Waals surface area (Å²) in [4.78, 5) is 13.9. The topological polar surface area (TPSA) is 56.8 Å². The lowest BCUT2D eigenvalue weighted by atomic mass is 10.2. The van der Waals surface area contributed by atoms with Crippen molar-refractivity contribution >= 4 is 5.69 Å². The molecular formula is C12H13N5. The van der Waals surface area contributed by atoms with Crippen LogP contribution in [-0.2, 0) is 0 Å². The van der Waals surface area contributed by atoms with Gasteiger partial charge in [0.1, 0.15) is 5.69 Å². The predicted octanol–water partition coefficient (Wildman–Crippen LogP) is 1.35. The van der Waals surface area contributed by atoms with Gasteiger partial charge < -0.3 is 9.88 Å². The summed E-state index contributed by atoms with van der Waals surface area (Å²) in [5.74, 6) is 0.791. The largest absolute Gasteiger partial charge is 0.343 e. The van der Waals surface area contributed by atoms with E-state index in [1.165, 1.54) is 0 Å². The van der Waals surface area contributed by atoms with Crippen LogP contribution in [0.3, 0.4) is 0 Å². The van der Waals surface area contributed by atoms with Gasteiger partial charge in [-0.2, -0.15) is 0 Å². The SMILES string of the molecule is C1=CN(c2cccnc2-c2ncc[nH]2)CNC1. The van der Waals surface area contributed by atoms with Crippen molar-refractivity contribution in [2.24, 2.45) is 0 Å². The first kappa shape index (κ1) is 10.0. The lowest BCUT2D eigenvalue weighted by Gasteiger charge is -2.25. The fourth-order valence-electron chi connectivity index (χ4n) is 1.87. The maximum atomic E-state index is 4.40. The number of anilines is 1. The normalized spacial score (nSPS) is 15.2. The molecule has 2 aromatic rings. The second kappa shape index (κ2) is 4.39. The highest BCUT2D eigenvalue weighted by molar-refractivity contribution is 5.71. The van der Waals surface area contributed by atoms with Gasteiger partial charge in [0, 0.05) is 31.3 Å². The Labute approximate surface area is 99.2 Å². The minimum Gasteiger partial charge on any atom is -0.343 e. The van der Waals surface area contributed by atoms with Crippen LogP contribution in [0.15, 0.2) is 43.0 Å². The molecule has 0 amide bonds. The molecule has 0 spiro atoms. The molecule has 0 atom stereocenters. The number of H-pyrrole nitrogens is 1. The molecule has 1 aliphatic heterocycles. The van der Waals surface area contributed by atoms with E-state index in [2.05, 4.69) is 37.4 Å². The molecule has 0 bridgehead atoms. The zero-order chi connectivity index (χ0) is 11.5. The summed E-state index contributed by atoms with van der Waals surface area (Å²) in [5.41, 5.74) is 1.91. The number of hydrogen-bond donors (Lipinski definition) is 2. The number of nitrogens with one attached hydrogen (secondary N) is 2. The lowest BCUT2D eigenvalue weighted by molar-refractivity contribution is 0.721. The average molecular weight is 227 g/mol. The first-order chi connectivity index (χ1) is 8.45. The maximum Gasteiger partial charge on any atom is 0.158 e. The molecule has 2 aromatic heterocycles. The molecule has 0 fully saturated rings. The zero-order valence-corrected chi connectivity index (χ0v) is 9.30. The molecule has 2 N–H and O–H groups in total. The molecule has 86 valence electrons. The van der Waals surface area contributed by atoms with Crippen LogP contribution < -0.4 is 10.2 Å². The van der Waals surface area contributed by atoms with Gasteiger partial charge in [0.2, 0.25) is 0 Å². The summed E-state index contributed by atoms with van der Waals surface area (Å²) in [5, 5.41) is 3.29. The Kier molecular flexibility index (Phi) is 2.59. The van der Waals surface area contributed by atoms with Crippen LogP contribution in [0, 0.1) is 0 Å². The molecule has 0 unspecified atom stereocenters. The van der Waals surface area contributed by atoms with Crippen LogP contribution in [0.25, 0.3) is 11.5 Å². The van der Waals surface area contributed by atoms with E-state index in [0.29, 0.717) is 0 Å². The molecule has 5 heteroatoms. The first-order valence-electron chi connectivity index (χ1n) is 5.54. The molecule has 0 saturated heterocycles. The van der Waals surface area contributed by atoms with Crippen molar-refractivity contribution in [2.75, 3.05) is 18.1 Å². The molecule has 5 nitrogen and oxygen atoms in total. The summed E-state index contributed by atoms with van der Waals surface area (Å²) in [6, 6.07) is 3.98. The van der Waals surface area contributed by atoms with Gasteiger partial charge in [-0.15, -0.1) is 0 Å². The number of imidazole rings is 1. The number of nitrogens with zero attached hydrogens (tertiary/aromatic N) is 3. The Hall–Kier alpha value is -2.14. The first-order valence-corrected chi connectivity index (χ1v) is 5.54. The van der Waals surface area contributed by atoms with Crippen LogP contribution in [0.1, 0.15) is 0 Å². The molecular weight excluding hydrogens is 214 g/mol. The van der Waals surface area contributed by atoms with E-state index in [4.69, 9.17) is 0 Å². The predicted molar refractivity (Wildman–Crippen MR) is 66.3 cm³/mol. The van der Waals surface area contributed by atoms with Crippen LogP contribution in [-0.4, -0.2) is 28.2 Å². The summed E-state index contributed by atoms with van der Waals surface area (Å²) in [7, 11) is 0. The Balaban J connectivity index is 2.04. The van der Waals surface area contributed by atoms with E-state index >= 15 is 0 Å². The van der Waals surface area contributed by atoms with Crippen LogP contribution in [0.4, 0.5) is 5.69 Å². The maximum absolute atomic E-state index is 4.40. The number of rotatable bonds is 2. The number of aromatic amines is 1. The standard InChI is InChI=1S/C12H13N5/c1-3-10(17-8-2-4-13-9-17)11(14-5-1)12-15-6-7-16-12/h1-3,5-8,13H,4,9H2,(H,15,16). The molecule has 3 rings (SSSR count). The molecule has 17 heavy (non-hydrogen) atoms. The zero-order valence-electron chi connectivity index (χ0n) is 9.30. The van der Waals surface area contributed by atoms with E-state index < -0.39 is 0 Å². The van der Waals surface area contributed by atoms with Gasteiger partial charge in [0.05, 0.1) is 12.4 Å². The quantitative estimate of drug-likeness (QED) is 0.813. The van der Waals surface area contributed by atoms with Gasteiger partial charge in [0.25, 0.3) is 0 Å². The third kappa shape index (κ3) is 1.92. The minimum absolute atomic E-state index is 0.788. The Morgan fingerprint density at radius 2 is 2.24 bits per heavy atom. The van der Waals surface area contributed by atoms with E-state index in [9.17, 15) is 0 Å². The van der Waals surface area contributed by atoms with Gasteiger partial charge in [-0.05, 0) is 12.1 Å². The van der Waals surface area contributed by atoms with Crippen molar-refractivity contribution in [2.45, 2.75) is 0 Å². The van der Waals surface area contributed by atoms with E-state index in [1.54, 1.807) is 18.6 Å². The summed E-state index contributed by atoms with van der Waals surface area (Å²) >= 11 is 0. The number of pyridine rings is 1. The second-order valence-electron chi connectivity index (χ2n) is 3.78. The fourth-order valence-corrected chi connectivity index (χ4v) is 1.87. The van der Waals surface area contributed by atoms with Crippen molar-refractivity contribution in [1.29, 1.82) is 0 Å². The average Bonchev–Trinajstić information content (AvgIpc) is 2.94. The van der Waals surface area contributed by atoms with Crippen molar-refractivity contribution in [3.05, 3.63) is 43.0 Å². The fraction of sp³-hybridized carbons (Fsp3) is 0.167. The molecule has 0 saturated carbocycles. The highest BCUT2D eigenvalue weighted by Gasteiger charge is 2.14. The van der Waals surface area contributed by atoms with Crippen molar-refractivity contribution in [1.82, 2.24) is 20.3 Å². The van der Waals surface area contributed by atoms with Gasteiger partial charge in [-0.25, -0.2) is 4.98 Å². The van der Waals surface area contributed by atoms with Crippen LogP contribution >= 0.6 is 0 Å². The van der Waals surface area contributed by atoms with Gasteiger partial charge in [-0.3, -0.25) is 10.3 Å². The van der Waals surface area contributed by atoms with Gasteiger partial charge >= 0.3 is 0 Å². The molecule has 1 aliphatic rings. The third-order valence-electron chi connectivity index (χ3n) is 2.65. The van der Waals surface area contributed by atoms with Crippen molar-refractivity contribution < 1.29 is 0 Å². The van der Waals surface area contributed by atoms with Crippen LogP contribution in [0.5, 0.6) is 0 Å². The van der Waals surface area contributed by atoms with Crippen LogP contribution in [0.2, 0.25) is 0 Å². The third-order valence-corrected chi connectivity index (χ3v) is 2.65. The molecule has 0 radical (unpaired) electrons. The number of aromatic nitrogens is 3. The molecule has 0 aliphatic carbocycles. The minimum atomic E-state index is 0.788. The highest BCUT2D eigenvalue weighted by atomic mass is 15.2. The van der Waals surface area contributed by atoms with E-state index in [-0.39, 0.29) is 0 Å². The molecule has 0 aromatic carbocycles. The second-order valence-corrected chi connectivity index (χ2v) is 3.78. The molecule has 3 heterocycles. The van der Waals surface area contributed by atoms with Gasteiger partial charge in [0.15, 0.2) is 5.82 Å². The van der Waals surface area contributed by atoms with Crippen molar-refractivity contribution in [3.63, 3.8) is 0 Å². The Morgan fingerprint density at radius 1 is 1.24 bits per heavy atom. The summed E-state index contributed by atoms with van der Waals surface area (Å²) < 4.78 is 0. The highest BCUT2D eigenvalue weighted by Crippen LogP contribution is 2.26. The monoisotopic (exact) mass is 227 g/mol. The number of hydrogen-bond acceptors (Lipinski definition) is 4. The van der Waals surface area contributed by atoms with E-state index in [1.807, 2.05) is 12.1 Å². The van der Waals surface area contributed by atoms with Gasteiger partial charge in [-0.1, -0.05) is 6.08 Å². The lowest BCUT2D eigenvalue weighted by Crippen LogP contribution is -2.34.